The van der Waals surface area contributed by atoms with E-state index in [0.717, 1.165) is 11.8 Å². The van der Waals surface area contributed by atoms with Gasteiger partial charge in [0.05, 0.1) is 0 Å². The van der Waals surface area contributed by atoms with Gasteiger partial charge < -0.3 is 0 Å². The van der Waals surface area contributed by atoms with E-state index in [2.05, 4.69) is 87.5 Å². The first-order valence-corrected chi connectivity index (χ1v) is 13.2. The first kappa shape index (κ1) is 26.2. The van der Waals surface area contributed by atoms with Gasteiger partial charge in [-0.25, -0.2) is 0 Å². The maximum Gasteiger partial charge on any atom is -0.0134 e. The van der Waals surface area contributed by atoms with Crippen molar-refractivity contribution < 1.29 is 0 Å². The fourth-order valence-corrected chi connectivity index (χ4v) is 5.55. The SMILES string of the molecule is CCC(C)(C)C1=C(C(C)C)C=C(CCCCC2=CC=C(C(C)(C)C)C(C(C)C)C2)CC1. The summed E-state index contributed by atoms with van der Waals surface area (Å²) in [5.74, 6) is 2.09. The Bertz CT molecular complexity index is 724. The van der Waals surface area contributed by atoms with Crippen LogP contribution in [0.15, 0.2) is 46.1 Å². The van der Waals surface area contributed by atoms with Crippen LogP contribution in [0.5, 0.6) is 0 Å². The molecule has 0 aromatic heterocycles. The average molecular weight is 425 g/mol. The van der Waals surface area contributed by atoms with Crippen molar-refractivity contribution in [1.29, 1.82) is 0 Å². The third kappa shape index (κ3) is 6.97. The summed E-state index contributed by atoms with van der Waals surface area (Å²) in [6.07, 6.45) is 17.8. The second-order valence-electron chi connectivity index (χ2n) is 12.6. The summed E-state index contributed by atoms with van der Waals surface area (Å²) >= 11 is 0. The molecule has 176 valence electrons. The van der Waals surface area contributed by atoms with Crippen LogP contribution in [0, 0.1) is 28.6 Å². The molecule has 0 heteroatoms. The smallest absolute Gasteiger partial charge is 0.0134 e. The molecule has 0 radical (unpaired) electrons. The van der Waals surface area contributed by atoms with E-state index in [1.165, 1.54) is 51.4 Å². The molecule has 0 bridgehead atoms. The molecule has 1 atom stereocenters. The first-order chi connectivity index (χ1) is 14.4. The Labute approximate surface area is 195 Å². The minimum Gasteiger partial charge on any atom is -0.0696 e. The Morgan fingerprint density at radius 2 is 1.48 bits per heavy atom. The molecule has 2 rings (SSSR count). The standard InChI is InChI=1S/C31H52/c1-11-31(9,10)29-19-17-25(21-27(29)23(4)5)15-13-12-14-24-16-18-28(30(6,7)8)26(20-24)22(2)3/h16,18,21-23,26H,11-15,17,19-20H2,1-10H3. The molecule has 0 aliphatic heterocycles. The van der Waals surface area contributed by atoms with Gasteiger partial charge in [-0.3, -0.25) is 0 Å². The molecule has 0 amide bonds. The summed E-state index contributed by atoms with van der Waals surface area (Å²) in [4.78, 5) is 0. The molecule has 2 aliphatic carbocycles. The van der Waals surface area contributed by atoms with Crippen molar-refractivity contribution >= 4 is 0 Å². The fourth-order valence-electron chi connectivity index (χ4n) is 5.55. The zero-order valence-electron chi connectivity index (χ0n) is 22.6. The second-order valence-corrected chi connectivity index (χ2v) is 12.6. The lowest BCUT2D eigenvalue weighted by atomic mass is 9.69. The van der Waals surface area contributed by atoms with Gasteiger partial charge in [0, 0.05) is 0 Å². The van der Waals surface area contributed by atoms with Crippen molar-refractivity contribution in [2.45, 2.75) is 121 Å². The minimum atomic E-state index is 0.289. The quantitative estimate of drug-likeness (QED) is 0.323. The molecule has 0 fully saturated rings. The lowest BCUT2D eigenvalue weighted by Crippen LogP contribution is -2.24. The molecule has 1 unspecified atom stereocenters. The van der Waals surface area contributed by atoms with E-state index >= 15 is 0 Å². The zero-order chi connectivity index (χ0) is 23.4. The van der Waals surface area contributed by atoms with Crippen LogP contribution in [0.4, 0.5) is 0 Å². The topological polar surface area (TPSA) is 0 Å². The Balaban J connectivity index is 1.97. The van der Waals surface area contributed by atoms with E-state index < -0.39 is 0 Å². The lowest BCUT2D eigenvalue weighted by Gasteiger charge is -2.36. The van der Waals surface area contributed by atoms with E-state index in [0.29, 0.717) is 11.3 Å². The van der Waals surface area contributed by atoms with Gasteiger partial charge in [0.1, 0.15) is 0 Å². The molecule has 0 spiro atoms. The molecule has 0 saturated heterocycles. The third-order valence-electron chi connectivity index (χ3n) is 8.02. The third-order valence-corrected chi connectivity index (χ3v) is 8.02. The molecular formula is C31H52. The van der Waals surface area contributed by atoms with Gasteiger partial charge >= 0.3 is 0 Å². The van der Waals surface area contributed by atoms with Gasteiger partial charge in [0.25, 0.3) is 0 Å². The molecule has 0 nitrogen and oxygen atoms in total. The molecular weight excluding hydrogens is 372 g/mol. The van der Waals surface area contributed by atoms with Gasteiger partial charge in [-0.05, 0) is 85.5 Å². The predicted octanol–water partition coefficient (Wildman–Crippen LogP) is 10.2. The van der Waals surface area contributed by atoms with Gasteiger partial charge in [0.2, 0.25) is 0 Å². The van der Waals surface area contributed by atoms with E-state index in [4.69, 9.17) is 0 Å². The molecule has 0 aromatic carbocycles. The number of rotatable bonds is 9. The van der Waals surface area contributed by atoms with Crippen LogP contribution < -0.4 is 0 Å². The summed E-state index contributed by atoms with van der Waals surface area (Å²) in [5, 5.41) is 0. The van der Waals surface area contributed by atoms with Crippen LogP contribution in [0.2, 0.25) is 0 Å². The van der Waals surface area contributed by atoms with Crippen LogP contribution in [0.25, 0.3) is 0 Å². The van der Waals surface area contributed by atoms with Crippen molar-refractivity contribution in [3.05, 3.63) is 46.1 Å². The predicted molar refractivity (Wildman–Crippen MR) is 140 cm³/mol. The Morgan fingerprint density at radius 3 is 2.00 bits per heavy atom. The molecule has 0 N–H and O–H groups in total. The van der Waals surface area contributed by atoms with E-state index in [9.17, 15) is 0 Å². The van der Waals surface area contributed by atoms with Crippen molar-refractivity contribution in [3.8, 4) is 0 Å². The first-order valence-electron chi connectivity index (χ1n) is 13.2. The highest BCUT2D eigenvalue weighted by atomic mass is 14.3. The second kappa shape index (κ2) is 10.7. The summed E-state index contributed by atoms with van der Waals surface area (Å²) in [6, 6.07) is 0. The maximum absolute atomic E-state index is 2.59. The molecule has 31 heavy (non-hydrogen) atoms. The number of hydrogen-bond donors (Lipinski definition) is 0. The van der Waals surface area contributed by atoms with Gasteiger partial charge in [-0.2, -0.15) is 0 Å². The summed E-state index contributed by atoms with van der Waals surface area (Å²) in [7, 11) is 0. The normalized spacial score (nSPS) is 20.9. The number of unbranched alkanes of at least 4 members (excludes halogenated alkanes) is 1. The summed E-state index contributed by atoms with van der Waals surface area (Å²) < 4.78 is 0. The van der Waals surface area contributed by atoms with Crippen molar-refractivity contribution in [3.63, 3.8) is 0 Å². The lowest BCUT2D eigenvalue weighted by molar-refractivity contribution is 0.344. The maximum atomic E-state index is 2.59. The Hall–Kier alpha value is -1.04. The van der Waals surface area contributed by atoms with Crippen LogP contribution in [-0.2, 0) is 0 Å². The van der Waals surface area contributed by atoms with E-state index in [-0.39, 0.29) is 5.41 Å². The largest absolute Gasteiger partial charge is 0.0696 e. The van der Waals surface area contributed by atoms with Gasteiger partial charge in [-0.15, -0.1) is 0 Å². The van der Waals surface area contributed by atoms with Crippen LogP contribution in [-0.4, -0.2) is 0 Å². The minimum absolute atomic E-state index is 0.289. The monoisotopic (exact) mass is 424 g/mol. The molecule has 0 saturated carbocycles. The fraction of sp³-hybridized carbons (Fsp3) is 0.742. The zero-order valence-corrected chi connectivity index (χ0v) is 22.6. The Morgan fingerprint density at radius 1 is 0.871 bits per heavy atom. The van der Waals surface area contributed by atoms with Gasteiger partial charge in [-0.1, -0.05) is 110 Å². The molecule has 0 aromatic rings. The van der Waals surface area contributed by atoms with Gasteiger partial charge in [0.15, 0.2) is 0 Å². The van der Waals surface area contributed by atoms with Crippen LogP contribution >= 0.6 is 0 Å². The van der Waals surface area contributed by atoms with Crippen LogP contribution in [0.1, 0.15) is 121 Å². The molecule has 0 heterocycles. The highest BCUT2D eigenvalue weighted by molar-refractivity contribution is 5.38. The summed E-state index contributed by atoms with van der Waals surface area (Å²) in [6.45, 7) is 23.9. The van der Waals surface area contributed by atoms with Crippen molar-refractivity contribution in [2.24, 2.45) is 28.6 Å². The van der Waals surface area contributed by atoms with E-state index in [1.807, 2.05) is 0 Å². The van der Waals surface area contributed by atoms with Crippen LogP contribution in [0.3, 0.4) is 0 Å². The molecule has 2 aliphatic rings. The highest BCUT2D eigenvalue weighted by Gasteiger charge is 2.30. The highest BCUT2D eigenvalue weighted by Crippen LogP contribution is 2.43. The summed E-state index contributed by atoms with van der Waals surface area (Å²) in [5.41, 5.74) is 9.03. The Kier molecular flexibility index (Phi) is 9.06. The number of allylic oxidation sites excluding steroid dienone is 8. The number of hydrogen-bond acceptors (Lipinski definition) is 0. The average Bonchev–Trinajstić information content (AvgIpc) is 2.70. The van der Waals surface area contributed by atoms with Crippen molar-refractivity contribution in [1.82, 2.24) is 0 Å². The van der Waals surface area contributed by atoms with E-state index in [1.54, 1.807) is 27.9 Å². The van der Waals surface area contributed by atoms with Crippen molar-refractivity contribution in [2.75, 3.05) is 0 Å².